The first-order valence-electron chi connectivity index (χ1n) is 21.0. The third-order valence-electron chi connectivity index (χ3n) is 13.4. The molecule has 0 aromatic heterocycles. The lowest BCUT2D eigenvalue weighted by molar-refractivity contribution is 0.122. The van der Waals surface area contributed by atoms with E-state index in [1.165, 1.54) is 71.0 Å². The van der Waals surface area contributed by atoms with E-state index in [0.717, 1.165) is 89.8 Å². The van der Waals surface area contributed by atoms with Gasteiger partial charge in [-0.1, -0.05) is 98.8 Å². The number of anilines is 1. The molecule has 1 atom stereocenters. The maximum absolute atomic E-state index is 7.82. The van der Waals surface area contributed by atoms with Crippen molar-refractivity contribution in [2.45, 2.75) is 56.0 Å². The molecule has 58 heavy (non-hydrogen) atoms. The van der Waals surface area contributed by atoms with E-state index in [4.69, 9.17) is 23.7 Å². The van der Waals surface area contributed by atoms with Crippen LogP contribution in [-0.4, -0.2) is 47.6 Å². The standard InChI is InChI=1S/C52H51NO5/c1-54-39-21-13-35(14-22-39)43-33-44-45(34-47(43)56-3)50-42(49-48(44)41-11-7-8-12-46(41)51(49)26-9-5-4-6-10-27-51)25-28-52(58-50,37-17-23-40(55-2)24-18-37)36-15-19-38(20-16-36)53-29-31-57-32-30-53/h7-8,11-25,28,33-34H,4-6,9-10,26-27,29-32H2,1-3H3. The Kier molecular flexibility index (Phi) is 9.40. The number of ether oxygens (including phenoxy) is 5. The fraction of sp³-hybridized carbons (Fsp3) is 0.308. The summed E-state index contributed by atoms with van der Waals surface area (Å²) in [4.78, 5) is 2.40. The van der Waals surface area contributed by atoms with Gasteiger partial charge in [0.15, 0.2) is 5.60 Å². The topological polar surface area (TPSA) is 49.4 Å². The molecule has 1 saturated heterocycles. The molecule has 294 valence electrons. The molecule has 6 aromatic rings. The smallest absolute Gasteiger partial charge is 0.178 e. The number of benzene rings is 6. The maximum Gasteiger partial charge on any atom is 0.178 e. The van der Waals surface area contributed by atoms with Crippen molar-refractivity contribution in [2.24, 2.45) is 0 Å². The summed E-state index contributed by atoms with van der Waals surface area (Å²) in [6.07, 6.45) is 13.2. The second-order valence-electron chi connectivity index (χ2n) is 16.3. The monoisotopic (exact) mass is 769 g/mol. The van der Waals surface area contributed by atoms with Crippen LogP contribution in [0, 0.1) is 0 Å². The molecule has 0 amide bonds. The van der Waals surface area contributed by atoms with Gasteiger partial charge in [0.25, 0.3) is 0 Å². The minimum atomic E-state index is -0.911. The first-order valence-corrected chi connectivity index (χ1v) is 21.0. The molecule has 0 bridgehead atoms. The average molecular weight is 770 g/mol. The van der Waals surface area contributed by atoms with E-state index < -0.39 is 5.60 Å². The van der Waals surface area contributed by atoms with Crippen LogP contribution in [0.15, 0.2) is 115 Å². The molecule has 2 aliphatic carbocycles. The number of nitrogens with zero attached hydrogens (tertiary/aromatic N) is 1. The third kappa shape index (κ3) is 5.87. The molecule has 2 aliphatic heterocycles. The zero-order valence-corrected chi connectivity index (χ0v) is 33.8. The van der Waals surface area contributed by atoms with Gasteiger partial charge in [-0.15, -0.1) is 0 Å². The predicted octanol–water partition coefficient (Wildman–Crippen LogP) is 11.7. The lowest BCUT2D eigenvalue weighted by atomic mass is 9.67. The number of rotatable bonds is 7. The van der Waals surface area contributed by atoms with E-state index in [0.29, 0.717) is 0 Å². The van der Waals surface area contributed by atoms with Crippen LogP contribution in [-0.2, 0) is 15.8 Å². The molecule has 6 aromatic carbocycles. The van der Waals surface area contributed by atoms with Gasteiger partial charge in [-0.25, -0.2) is 0 Å². The van der Waals surface area contributed by atoms with E-state index >= 15 is 0 Å². The zero-order chi connectivity index (χ0) is 39.3. The first-order chi connectivity index (χ1) is 28.6. The van der Waals surface area contributed by atoms with Crippen molar-refractivity contribution in [3.05, 3.63) is 143 Å². The number of hydrogen-bond donors (Lipinski definition) is 0. The number of hydrogen-bond acceptors (Lipinski definition) is 6. The molecule has 0 N–H and O–H groups in total. The van der Waals surface area contributed by atoms with Gasteiger partial charge >= 0.3 is 0 Å². The summed E-state index contributed by atoms with van der Waals surface area (Å²) >= 11 is 0. The summed E-state index contributed by atoms with van der Waals surface area (Å²) in [7, 11) is 5.19. The Morgan fingerprint density at radius 1 is 0.621 bits per heavy atom. The van der Waals surface area contributed by atoms with Gasteiger partial charge in [0.1, 0.15) is 23.0 Å². The minimum Gasteiger partial charge on any atom is -0.497 e. The maximum atomic E-state index is 7.82. The van der Waals surface area contributed by atoms with Gasteiger partial charge in [0.2, 0.25) is 0 Å². The quantitative estimate of drug-likeness (QED) is 0.161. The van der Waals surface area contributed by atoms with Crippen molar-refractivity contribution in [3.8, 4) is 45.3 Å². The molecule has 6 heteroatoms. The third-order valence-corrected chi connectivity index (χ3v) is 13.4. The van der Waals surface area contributed by atoms with Crippen molar-refractivity contribution in [1.29, 1.82) is 0 Å². The number of fused-ring (bicyclic) bond motifs is 10. The first kappa shape index (κ1) is 36.6. The molecule has 10 rings (SSSR count). The van der Waals surface area contributed by atoms with Crippen molar-refractivity contribution in [2.75, 3.05) is 52.5 Å². The molecule has 1 unspecified atom stereocenters. The van der Waals surface area contributed by atoms with E-state index in [1.54, 1.807) is 21.3 Å². The molecule has 4 aliphatic rings. The van der Waals surface area contributed by atoms with Crippen molar-refractivity contribution in [1.82, 2.24) is 0 Å². The fourth-order valence-electron chi connectivity index (χ4n) is 10.4. The Balaban J connectivity index is 1.25. The molecule has 1 saturated carbocycles. The second-order valence-corrected chi connectivity index (χ2v) is 16.3. The highest BCUT2D eigenvalue weighted by atomic mass is 16.5. The van der Waals surface area contributed by atoms with Crippen LogP contribution in [0.5, 0.6) is 23.0 Å². The minimum absolute atomic E-state index is 0.113. The predicted molar refractivity (Wildman–Crippen MR) is 234 cm³/mol. The van der Waals surface area contributed by atoms with Crippen molar-refractivity contribution in [3.63, 3.8) is 0 Å². The highest BCUT2D eigenvalue weighted by molar-refractivity contribution is 6.10. The molecular formula is C52H51NO5. The van der Waals surface area contributed by atoms with Crippen molar-refractivity contribution >= 4 is 22.5 Å². The fourth-order valence-corrected chi connectivity index (χ4v) is 10.4. The Labute approximate surface area is 342 Å². The van der Waals surface area contributed by atoms with Crippen LogP contribution in [0.3, 0.4) is 0 Å². The van der Waals surface area contributed by atoms with Gasteiger partial charge in [0.05, 0.1) is 34.5 Å². The van der Waals surface area contributed by atoms with Crippen LogP contribution in [0.1, 0.15) is 72.8 Å². The zero-order valence-electron chi connectivity index (χ0n) is 33.8. The molecule has 2 fully saturated rings. The van der Waals surface area contributed by atoms with Gasteiger partial charge in [-0.2, -0.15) is 0 Å². The summed E-state index contributed by atoms with van der Waals surface area (Å²) < 4.78 is 31.0. The van der Waals surface area contributed by atoms with Gasteiger partial charge in [0, 0.05) is 51.8 Å². The van der Waals surface area contributed by atoms with Crippen LogP contribution >= 0.6 is 0 Å². The molecule has 2 heterocycles. The van der Waals surface area contributed by atoms with Crippen LogP contribution in [0.25, 0.3) is 39.1 Å². The Morgan fingerprint density at radius 2 is 1.26 bits per heavy atom. The lowest BCUT2D eigenvalue weighted by Crippen LogP contribution is -2.37. The van der Waals surface area contributed by atoms with Crippen LogP contribution in [0.4, 0.5) is 5.69 Å². The highest BCUT2D eigenvalue weighted by Crippen LogP contribution is 2.62. The van der Waals surface area contributed by atoms with E-state index in [1.807, 2.05) is 24.3 Å². The van der Waals surface area contributed by atoms with Crippen molar-refractivity contribution < 1.29 is 23.7 Å². The molecule has 6 nitrogen and oxygen atoms in total. The number of methoxy groups -OCH3 is 3. The molecule has 1 spiro atoms. The number of morpholine rings is 1. The second kappa shape index (κ2) is 14.9. The summed E-state index contributed by atoms with van der Waals surface area (Å²) in [6.45, 7) is 3.25. The Hall–Kier alpha value is -5.72. The van der Waals surface area contributed by atoms with Crippen LogP contribution < -0.4 is 23.8 Å². The molecular weight excluding hydrogens is 719 g/mol. The van der Waals surface area contributed by atoms with Gasteiger partial charge < -0.3 is 28.6 Å². The SMILES string of the molecule is COc1ccc(-c2cc3c4c(c5c(c3cc2OC)OC(c2ccc(OC)cc2)(c2ccc(N3CCOCC3)cc2)C=C5)C2(CCCCCCC2)c2ccccc2-4)cc1. The molecule has 0 radical (unpaired) electrons. The highest BCUT2D eigenvalue weighted by Gasteiger charge is 2.48. The van der Waals surface area contributed by atoms with Gasteiger partial charge in [-0.05, 0) is 101 Å². The largest absolute Gasteiger partial charge is 0.497 e. The van der Waals surface area contributed by atoms with E-state index in [-0.39, 0.29) is 5.41 Å². The summed E-state index contributed by atoms with van der Waals surface area (Å²) in [5.74, 6) is 3.34. The van der Waals surface area contributed by atoms with E-state index in [2.05, 4.69) is 102 Å². The Morgan fingerprint density at radius 3 is 1.93 bits per heavy atom. The van der Waals surface area contributed by atoms with E-state index in [9.17, 15) is 0 Å². The summed E-state index contributed by atoms with van der Waals surface area (Å²) in [5, 5.41) is 2.24. The summed E-state index contributed by atoms with van der Waals surface area (Å²) in [6, 6.07) is 39.4. The summed E-state index contributed by atoms with van der Waals surface area (Å²) in [5.41, 5.74) is 11.1. The normalized spacial score (nSPS) is 19.4. The average Bonchev–Trinajstić information content (AvgIpc) is 3.58. The Bertz CT molecular complexity index is 2490. The van der Waals surface area contributed by atoms with Gasteiger partial charge in [-0.3, -0.25) is 0 Å². The lowest BCUT2D eigenvalue weighted by Gasteiger charge is -2.40. The van der Waals surface area contributed by atoms with Crippen LogP contribution in [0.2, 0.25) is 0 Å².